The highest BCUT2D eigenvalue weighted by molar-refractivity contribution is 6.14. The molecule has 3 heteroatoms. The second kappa shape index (κ2) is 15.6. The van der Waals surface area contributed by atoms with Crippen LogP contribution in [0.5, 0.6) is 0 Å². The molecule has 11 rings (SSSR count). The van der Waals surface area contributed by atoms with Crippen molar-refractivity contribution in [2.45, 2.75) is 0 Å². The minimum absolute atomic E-state index is 0.679. The van der Waals surface area contributed by atoms with Gasteiger partial charge in [0.1, 0.15) is 5.65 Å². The van der Waals surface area contributed by atoms with Crippen LogP contribution in [0.3, 0.4) is 0 Å². The fraction of sp³-hybridized carbons (Fsp3) is 0. The third-order valence-corrected chi connectivity index (χ3v) is 11.6. The third kappa shape index (κ3) is 6.88. The first-order valence-corrected chi connectivity index (χ1v) is 20.7. The topological polar surface area (TPSA) is 30.7 Å². The van der Waals surface area contributed by atoms with Crippen molar-refractivity contribution in [3.05, 3.63) is 237 Å². The van der Waals surface area contributed by atoms with E-state index < -0.39 is 0 Å². The van der Waals surface area contributed by atoms with Gasteiger partial charge in [-0.1, -0.05) is 194 Å². The molecule has 286 valence electrons. The Morgan fingerprint density at radius 2 is 0.656 bits per heavy atom. The molecule has 0 atom stereocenters. The van der Waals surface area contributed by atoms with Crippen LogP contribution in [0.4, 0.5) is 0 Å². The number of hydrogen-bond acceptors (Lipinski definition) is 2. The van der Waals surface area contributed by atoms with Gasteiger partial charge in [0, 0.05) is 22.2 Å². The molecule has 0 saturated heterocycles. The Morgan fingerprint density at radius 1 is 0.279 bits per heavy atom. The summed E-state index contributed by atoms with van der Waals surface area (Å²) in [6, 6.07) is 84.0. The van der Waals surface area contributed by atoms with E-state index in [1.165, 1.54) is 38.9 Å². The van der Waals surface area contributed by atoms with E-state index in [1.807, 2.05) is 0 Å². The summed E-state index contributed by atoms with van der Waals surface area (Å²) < 4.78 is 2.27. The molecule has 0 fully saturated rings. The van der Waals surface area contributed by atoms with Crippen molar-refractivity contribution < 1.29 is 0 Å². The van der Waals surface area contributed by atoms with Gasteiger partial charge in [-0.05, 0) is 98.1 Å². The molecule has 11 aromatic rings. The first kappa shape index (κ1) is 36.0. The van der Waals surface area contributed by atoms with Crippen LogP contribution < -0.4 is 0 Å². The minimum atomic E-state index is 0.679. The predicted octanol–water partition coefficient (Wildman–Crippen LogP) is 15.2. The normalized spacial score (nSPS) is 11.3. The van der Waals surface area contributed by atoms with Gasteiger partial charge in [-0.2, -0.15) is 0 Å². The number of fused-ring (bicyclic) bond motifs is 3. The molecule has 0 spiro atoms. The van der Waals surface area contributed by atoms with E-state index in [4.69, 9.17) is 9.97 Å². The lowest BCUT2D eigenvalue weighted by molar-refractivity contribution is 1.11. The van der Waals surface area contributed by atoms with Gasteiger partial charge < -0.3 is 0 Å². The Labute approximate surface area is 355 Å². The summed E-state index contributed by atoms with van der Waals surface area (Å²) in [6.45, 7) is 0. The van der Waals surface area contributed by atoms with Gasteiger partial charge >= 0.3 is 0 Å². The van der Waals surface area contributed by atoms with Gasteiger partial charge in [0.25, 0.3) is 0 Å². The van der Waals surface area contributed by atoms with Crippen molar-refractivity contribution >= 4 is 21.9 Å². The lowest BCUT2D eigenvalue weighted by atomic mass is 9.94. The van der Waals surface area contributed by atoms with Gasteiger partial charge in [0.05, 0.1) is 16.6 Å². The molecule has 0 radical (unpaired) electrons. The molecule has 3 nitrogen and oxygen atoms in total. The predicted molar refractivity (Wildman–Crippen MR) is 254 cm³/mol. The first-order valence-electron chi connectivity index (χ1n) is 20.7. The Morgan fingerprint density at radius 3 is 1.20 bits per heavy atom. The number of hydrogen-bond donors (Lipinski definition) is 0. The van der Waals surface area contributed by atoms with Gasteiger partial charge in [0.15, 0.2) is 5.82 Å². The van der Waals surface area contributed by atoms with Crippen LogP contribution in [0.15, 0.2) is 237 Å². The molecular weight excluding hydrogens is 739 g/mol. The van der Waals surface area contributed by atoms with E-state index in [9.17, 15) is 0 Å². The molecule has 9 aromatic carbocycles. The van der Waals surface area contributed by atoms with Crippen molar-refractivity contribution in [3.8, 4) is 84.0 Å². The van der Waals surface area contributed by atoms with Crippen LogP contribution in [0.1, 0.15) is 0 Å². The Bertz CT molecular complexity index is 3330. The Balaban J connectivity index is 1.01. The second-order valence-corrected chi connectivity index (χ2v) is 15.4. The van der Waals surface area contributed by atoms with Crippen LogP contribution in [0.2, 0.25) is 0 Å². The largest absolute Gasteiger partial charge is 0.294 e. The zero-order chi connectivity index (χ0) is 40.5. The molecule has 0 unspecified atom stereocenters. The van der Waals surface area contributed by atoms with E-state index >= 15 is 0 Å². The van der Waals surface area contributed by atoms with Crippen molar-refractivity contribution in [1.82, 2.24) is 14.5 Å². The summed E-state index contributed by atoms with van der Waals surface area (Å²) in [5.41, 5.74) is 17.7. The fourth-order valence-corrected chi connectivity index (χ4v) is 8.58. The van der Waals surface area contributed by atoms with E-state index in [-0.39, 0.29) is 0 Å². The molecule has 0 aliphatic carbocycles. The average molecular weight is 778 g/mol. The molecule has 2 heterocycles. The summed E-state index contributed by atoms with van der Waals surface area (Å²) in [5, 5.41) is 2.15. The monoisotopic (exact) mass is 777 g/mol. The molecule has 0 amide bonds. The second-order valence-electron chi connectivity index (χ2n) is 15.4. The fourth-order valence-electron chi connectivity index (χ4n) is 8.58. The maximum absolute atomic E-state index is 5.44. The zero-order valence-corrected chi connectivity index (χ0v) is 33.4. The lowest BCUT2D eigenvalue weighted by Gasteiger charge is -2.12. The van der Waals surface area contributed by atoms with Crippen LogP contribution in [0.25, 0.3) is 106 Å². The zero-order valence-electron chi connectivity index (χ0n) is 33.4. The molecule has 0 bridgehead atoms. The maximum Gasteiger partial charge on any atom is 0.162 e. The highest BCUT2D eigenvalue weighted by atomic mass is 15.1. The smallest absolute Gasteiger partial charge is 0.162 e. The van der Waals surface area contributed by atoms with Crippen molar-refractivity contribution in [2.24, 2.45) is 0 Å². The molecular formula is C58H39N3. The van der Waals surface area contributed by atoms with Crippen LogP contribution in [-0.2, 0) is 0 Å². The average Bonchev–Trinajstić information content (AvgIpc) is 3.69. The quantitative estimate of drug-likeness (QED) is 0.154. The maximum atomic E-state index is 5.44. The number of nitrogens with zero attached hydrogens (tertiary/aromatic N) is 3. The van der Waals surface area contributed by atoms with Crippen molar-refractivity contribution in [2.75, 3.05) is 0 Å². The minimum Gasteiger partial charge on any atom is -0.294 e. The Hall–Kier alpha value is -8.14. The number of aromatic nitrogens is 3. The van der Waals surface area contributed by atoms with E-state index in [1.54, 1.807) is 0 Å². The van der Waals surface area contributed by atoms with E-state index in [2.05, 4.69) is 241 Å². The third-order valence-electron chi connectivity index (χ3n) is 11.6. The SMILES string of the molecule is c1ccc(-c2ccc(-c3nc(-c4cccc(-c5cccc(-c6cccc(-c7cccc(-c8ccccc8)c7)c6)c5)c4)nc4c3c3ccccc3n4-c3ccccc3)cc2)cc1. The molecule has 61 heavy (non-hydrogen) atoms. The molecule has 0 saturated carbocycles. The summed E-state index contributed by atoms with van der Waals surface area (Å²) in [5.74, 6) is 0.679. The van der Waals surface area contributed by atoms with E-state index in [0.717, 1.165) is 61.1 Å². The van der Waals surface area contributed by atoms with Crippen LogP contribution in [-0.4, -0.2) is 14.5 Å². The summed E-state index contributed by atoms with van der Waals surface area (Å²) in [7, 11) is 0. The summed E-state index contributed by atoms with van der Waals surface area (Å²) in [6.07, 6.45) is 0. The molecule has 2 aromatic heterocycles. The number of rotatable bonds is 8. The highest BCUT2D eigenvalue weighted by Gasteiger charge is 2.21. The number of benzene rings is 9. The number of para-hydroxylation sites is 2. The van der Waals surface area contributed by atoms with Crippen molar-refractivity contribution in [1.29, 1.82) is 0 Å². The molecule has 0 N–H and O–H groups in total. The Kier molecular flexibility index (Phi) is 9.18. The van der Waals surface area contributed by atoms with Gasteiger partial charge in [-0.15, -0.1) is 0 Å². The molecule has 0 aliphatic rings. The van der Waals surface area contributed by atoms with Crippen molar-refractivity contribution in [3.63, 3.8) is 0 Å². The highest BCUT2D eigenvalue weighted by Crippen LogP contribution is 2.39. The lowest BCUT2D eigenvalue weighted by Crippen LogP contribution is -1.99. The van der Waals surface area contributed by atoms with Gasteiger partial charge in [-0.25, -0.2) is 9.97 Å². The van der Waals surface area contributed by atoms with Gasteiger partial charge in [0.2, 0.25) is 0 Å². The first-order chi connectivity index (χ1) is 30.2. The van der Waals surface area contributed by atoms with Gasteiger partial charge in [-0.3, -0.25) is 4.57 Å². The standard InChI is InChI=1S/C58H39N3/c1-4-16-40(17-5-1)42-32-34-43(35-33-42)56-55-53-30-10-11-31-54(53)61(52-28-8-3-9-29-52)58(55)60-57(59-56)51-27-15-26-50(39-51)49-25-14-24-48(38-49)47-23-13-22-46(37-47)45-21-12-20-44(36-45)41-18-6-2-7-19-41/h1-39H. The summed E-state index contributed by atoms with van der Waals surface area (Å²) in [4.78, 5) is 10.9. The molecule has 0 aliphatic heterocycles. The van der Waals surface area contributed by atoms with E-state index in [0.29, 0.717) is 5.82 Å². The summed E-state index contributed by atoms with van der Waals surface area (Å²) >= 11 is 0. The van der Waals surface area contributed by atoms with Crippen LogP contribution >= 0.6 is 0 Å². The van der Waals surface area contributed by atoms with Crippen LogP contribution in [0, 0.1) is 0 Å².